The Morgan fingerprint density at radius 2 is 2.15 bits per heavy atom. The van der Waals surface area contributed by atoms with E-state index >= 15 is 0 Å². The number of likely N-dealkylation sites (N-methyl/N-ethyl adjacent to an activating group) is 1. The maximum absolute atomic E-state index is 12.2. The summed E-state index contributed by atoms with van der Waals surface area (Å²) in [6, 6.07) is 7.15. The summed E-state index contributed by atoms with van der Waals surface area (Å²) in [4.78, 5) is 2.14. The molecule has 1 aromatic rings. The minimum Gasteiger partial charge on any atom is -0.497 e. The highest BCUT2D eigenvalue weighted by atomic mass is 32.2. The summed E-state index contributed by atoms with van der Waals surface area (Å²) in [6.07, 6.45) is 0. The van der Waals surface area contributed by atoms with Crippen molar-refractivity contribution in [3.05, 3.63) is 29.8 Å². The lowest BCUT2D eigenvalue weighted by Crippen LogP contribution is -2.40. The molecule has 112 valence electrons. The maximum atomic E-state index is 12.2. The van der Waals surface area contributed by atoms with Gasteiger partial charge in [-0.25, -0.2) is 13.1 Å². The number of rotatable bonds is 5. The van der Waals surface area contributed by atoms with Crippen LogP contribution in [0.1, 0.15) is 12.5 Å². The van der Waals surface area contributed by atoms with Crippen LogP contribution in [0.25, 0.3) is 0 Å². The second-order valence-electron chi connectivity index (χ2n) is 5.53. The fraction of sp³-hybridized carbons (Fsp3) is 0.571. The molecule has 1 saturated heterocycles. The molecule has 2 unspecified atom stereocenters. The van der Waals surface area contributed by atoms with E-state index in [1.54, 1.807) is 31.4 Å². The summed E-state index contributed by atoms with van der Waals surface area (Å²) in [7, 11) is 0.247. The van der Waals surface area contributed by atoms with E-state index in [1.807, 2.05) is 7.05 Å². The van der Waals surface area contributed by atoms with Crippen molar-refractivity contribution in [2.24, 2.45) is 5.92 Å². The predicted octanol–water partition coefficient (Wildman–Crippen LogP) is 1.06. The van der Waals surface area contributed by atoms with Gasteiger partial charge in [-0.15, -0.1) is 0 Å². The molecule has 0 bridgehead atoms. The molecule has 0 saturated carbocycles. The van der Waals surface area contributed by atoms with Crippen molar-refractivity contribution in [2.75, 3.05) is 27.2 Å². The first kappa shape index (κ1) is 15.3. The molecule has 6 heteroatoms. The topological polar surface area (TPSA) is 58.6 Å². The lowest BCUT2D eigenvalue weighted by molar-refractivity contribution is 0.400. The molecule has 2 atom stereocenters. The van der Waals surface area contributed by atoms with Gasteiger partial charge in [0.15, 0.2) is 0 Å². The molecule has 5 nitrogen and oxygen atoms in total. The molecule has 0 spiro atoms. The summed E-state index contributed by atoms with van der Waals surface area (Å²) in [6.45, 7) is 3.76. The number of benzene rings is 1. The first-order valence-corrected chi connectivity index (χ1v) is 8.36. The van der Waals surface area contributed by atoms with Crippen molar-refractivity contribution < 1.29 is 13.2 Å². The predicted molar refractivity (Wildman–Crippen MR) is 79.2 cm³/mol. The zero-order valence-electron chi connectivity index (χ0n) is 12.2. The quantitative estimate of drug-likeness (QED) is 0.883. The van der Waals surface area contributed by atoms with Gasteiger partial charge in [0.05, 0.1) is 12.9 Å². The molecule has 1 aliphatic heterocycles. The summed E-state index contributed by atoms with van der Waals surface area (Å²) < 4.78 is 32.4. The fourth-order valence-corrected chi connectivity index (χ4v) is 4.09. The molecular weight excluding hydrogens is 276 g/mol. The Kier molecular flexibility index (Phi) is 4.67. The van der Waals surface area contributed by atoms with Gasteiger partial charge in [0.2, 0.25) is 10.0 Å². The molecule has 0 amide bonds. The normalized spacial score (nSPS) is 23.9. The van der Waals surface area contributed by atoms with Crippen molar-refractivity contribution >= 4 is 10.0 Å². The van der Waals surface area contributed by atoms with Crippen LogP contribution in [0.4, 0.5) is 0 Å². The summed E-state index contributed by atoms with van der Waals surface area (Å²) in [5.41, 5.74) is 0.732. The molecule has 20 heavy (non-hydrogen) atoms. The van der Waals surface area contributed by atoms with Crippen LogP contribution in [0.2, 0.25) is 0 Å². The number of nitrogens with one attached hydrogen (secondary N) is 1. The molecule has 0 aliphatic carbocycles. The third-order valence-electron chi connectivity index (χ3n) is 3.62. The molecule has 0 aromatic heterocycles. The monoisotopic (exact) mass is 298 g/mol. The number of hydrogen-bond donors (Lipinski definition) is 1. The van der Waals surface area contributed by atoms with E-state index in [-0.39, 0.29) is 11.8 Å². The van der Waals surface area contributed by atoms with E-state index in [0.717, 1.165) is 18.7 Å². The smallest absolute Gasteiger partial charge is 0.216 e. The molecule has 1 aliphatic rings. The Bertz CT molecular complexity index is 559. The number of likely N-dealkylation sites (tertiary alicyclic amines) is 1. The Hall–Kier alpha value is -1.11. The molecule has 0 radical (unpaired) electrons. The van der Waals surface area contributed by atoms with Crippen LogP contribution in [-0.4, -0.2) is 46.6 Å². The van der Waals surface area contributed by atoms with E-state index in [2.05, 4.69) is 16.5 Å². The first-order valence-electron chi connectivity index (χ1n) is 6.71. The minimum atomic E-state index is -3.33. The summed E-state index contributed by atoms with van der Waals surface area (Å²) >= 11 is 0. The van der Waals surface area contributed by atoms with Crippen molar-refractivity contribution in [3.8, 4) is 5.75 Å². The van der Waals surface area contributed by atoms with E-state index in [1.165, 1.54) is 0 Å². The van der Waals surface area contributed by atoms with Gasteiger partial charge < -0.3 is 9.64 Å². The lowest BCUT2D eigenvalue weighted by Gasteiger charge is -2.16. The van der Waals surface area contributed by atoms with Crippen molar-refractivity contribution in [1.29, 1.82) is 0 Å². The van der Waals surface area contributed by atoms with E-state index in [0.29, 0.717) is 11.7 Å². The molecule has 1 aromatic carbocycles. The third-order valence-corrected chi connectivity index (χ3v) is 4.99. The highest BCUT2D eigenvalue weighted by Crippen LogP contribution is 2.18. The van der Waals surface area contributed by atoms with Gasteiger partial charge >= 0.3 is 0 Å². The van der Waals surface area contributed by atoms with Crippen LogP contribution >= 0.6 is 0 Å². The van der Waals surface area contributed by atoms with Crippen LogP contribution in [0, 0.1) is 5.92 Å². The number of nitrogens with zero attached hydrogens (tertiary/aromatic N) is 1. The SMILES string of the molecule is COc1cccc(CS(=O)(=O)NC2CN(C)CC2C)c1. The Balaban J connectivity index is 2.03. The van der Waals surface area contributed by atoms with Crippen LogP contribution in [0.5, 0.6) is 5.75 Å². The van der Waals surface area contributed by atoms with E-state index in [9.17, 15) is 8.42 Å². The van der Waals surface area contributed by atoms with Crippen molar-refractivity contribution in [3.63, 3.8) is 0 Å². The first-order chi connectivity index (χ1) is 9.39. The van der Waals surface area contributed by atoms with Crippen LogP contribution in [0.15, 0.2) is 24.3 Å². The largest absolute Gasteiger partial charge is 0.497 e. The van der Waals surface area contributed by atoms with Crippen LogP contribution < -0.4 is 9.46 Å². The number of methoxy groups -OCH3 is 1. The van der Waals surface area contributed by atoms with Crippen LogP contribution in [0.3, 0.4) is 0 Å². The average Bonchev–Trinajstić information content (AvgIpc) is 2.66. The highest BCUT2D eigenvalue weighted by molar-refractivity contribution is 7.88. The highest BCUT2D eigenvalue weighted by Gasteiger charge is 2.30. The molecular formula is C14H22N2O3S. The molecule has 1 N–H and O–H groups in total. The summed E-state index contributed by atoms with van der Waals surface area (Å²) in [5.74, 6) is 0.990. The second-order valence-corrected chi connectivity index (χ2v) is 7.29. The minimum absolute atomic E-state index is 0.00407. The van der Waals surface area contributed by atoms with Crippen LogP contribution in [-0.2, 0) is 15.8 Å². The van der Waals surface area contributed by atoms with Gasteiger partial charge in [0.1, 0.15) is 5.75 Å². The van der Waals surface area contributed by atoms with E-state index in [4.69, 9.17) is 4.74 Å². The Morgan fingerprint density at radius 1 is 1.40 bits per heavy atom. The van der Waals surface area contributed by atoms with Crippen molar-refractivity contribution in [1.82, 2.24) is 9.62 Å². The number of ether oxygens (including phenoxy) is 1. The second kappa shape index (κ2) is 6.11. The Morgan fingerprint density at radius 3 is 2.75 bits per heavy atom. The average molecular weight is 298 g/mol. The maximum Gasteiger partial charge on any atom is 0.216 e. The van der Waals surface area contributed by atoms with Gasteiger partial charge in [-0.1, -0.05) is 19.1 Å². The van der Waals surface area contributed by atoms with Gasteiger partial charge in [0, 0.05) is 19.1 Å². The standard InChI is InChI=1S/C14H22N2O3S/c1-11-8-16(2)9-14(11)15-20(17,18)10-12-5-4-6-13(7-12)19-3/h4-7,11,14-15H,8-10H2,1-3H3. The van der Waals surface area contributed by atoms with Gasteiger partial charge in [-0.2, -0.15) is 0 Å². The molecule has 2 rings (SSSR count). The lowest BCUT2D eigenvalue weighted by atomic mass is 10.1. The summed E-state index contributed by atoms with van der Waals surface area (Å²) in [5, 5.41) is 0. The third kappa shape index (κ3) is 3.94. The number of hydrogen-bond acceptors (Lipinski definition) is 4. The van der Waals surface area contributed by atoms with Crippen molar-refractivity contribution in [2.45, 2.75) is 18.7 Å². The fourth-order valence-electron chi connectivity index (χ4n) is 2.62. The van der Waals surface area contributed by atoms with Gasteiger partial charge in [0.25, 0.3) is 0 Å². The zero-order chi connectivity index (χ0) is 14.8. The molecule has 1 fully saturated rings. The van der Waals surface area contributed by atoms with Gasteiger partial charge in [-0.3, -0.25) is 0 Å². The number of sulfonamides is 1. The Labute approximate surface area is 121 Å². The van der Waals surface area contributed by atoms with E-state index < -0.39 is 10.0 Å². The molecule has 1 heterocycles. The zero-order valence-corrected chi connectivity index (χ0v) is 13.0. The van der Waals surface area contributed by atoms with Gasteiger partial charge in [-0.05, 0) is 30.7 Å².